The SMILES string of the molecule is CCCC(C)C(=O)c1onc2ccccc12. The molecule has 0 saturated carbocycles. The van der Waals surface area contributed by atoms with Crippen molar-refractivity contribution in [1.82, 2.24) is 5.16 Å². The first-order valence-corrected chi connectivity index (χ1v) is 5.62. The van der Waals surface area contributed by atoms with Gasteiger partial charge in [-0.3, -0.25) is 4.79 Å². The molecule has 0 aliphatic heterocycles. The number of ketones is 1. The monoisotopic (exact) mass is 217 g/mol. The summed E-state index contributed by atoms with van der Waals surface area (Å²) < 4.78 is 5.14. The number of fused-ring (bicyclic) bond motifs is 1. The Balaban J connectivity index is 2.36. The molecule has 16 heavy (non-hydrogen) atoms. The Morgan fingerprint density at radius 1 is 1.44 bits per heavy atom. The second-order valence-corrected chi connectivity index (χ2v) is 4.08. The quantitative estimate of drug-likeness (QED) is 0.737. The maximum Gasteiger partial charge on any atom is 0.210 e. The van der Waals surface area contributed by atoms with Crippen molar-refractivity contribution in [2.75, 3.05) is 0 Å². The smallest absolute Gasteiger partial charge is 0.210 e. The summed E-state index contributed by atoms with van der Waals surface area (Å²) in [5.74, 6) is 0.452. The van der Waals surface area contributed by atoms with Gasteiger partial charge >= 0.3 is 0 Å². The van der Waals surface area contributed by atoms with Crippen LogP contribution in [0, 0.1) is 5.92 Å². The lowest BCUT2D eigenvalue weighted by Crippen LogP contribution is -2.10. The van der Waals surface area contributed by atoms with Crippen molar-refractivity contribution < 1.29 is 9.32 Å². The molecule has 0 N–H and O–H groups in total. The van der Waals surface area contributed by atoms with E-state index in [1.807, 2.05) is 31.2 Å². The van der Waals surface area contributed by atoms with Gasteiger partial charge in [-0.15, -0.1) is 0 Å². The Hall–Kier alpha value is -1.64. The third kappa shape index (κ3) is 1.85. The van der Waals surface area contributed by atoms with E-state index in [1.165, 1.54) is 0 Å². The van der Waals surface area contributed by atoms with E-state index in [1.54, 1.807) is 0 Å². The normalized spacial score (nSPS) is 12.9. The molecule has 3 heteroatoms. The molecule has 0 radical (unpaired) electrons. The zero-order valence-electron chi connectivity index (χ0n) is 9.56. The van der Waals surface area contributed by atoms with Gasteiger partial charge in [0.15, 0.2) is 0 Å². The van der Waals surface area contributed by atoms with E-state index in [-0.39, 0.29) is 11.7 Å². The Labute approximate surface area is 94.4 Å². The summed E-state index contributed by atoms with van der Waals surface area (Å²) in [6, 6.07) is 7.49. The predicted octanol–water partition coefficient (Wildman–Crippen LogP) is 3.45. The predicted molar refractivity (Wildman–Crippen MR) is 62.4 cm³/mol. The fourth-order valence-electron chi connectivity index (χ4n) is 1.85. The van der Waals surface area contributed by atoms with E-state index in [0.29, 0.717) is 5.76 Å². The number of hydrogen-bond donors (Lipinski definition) is 0. The summed E-state index contributed by atoms with van der Waals surface area (Å²) in [6.07, 6.45) is 1.88. The van der Waals surface area contributed by atoms with Gasteiger partial charge in [0.1, 0.15) is 5.52 Å². The average Bonchev–Trinajstić information content (AvgIpc) is 2.72. The van der Waals surface area contributed by atoms with Crippen LogP contribution in [0.3, 0.4) is 0 Å². The maximum absolute atomic E-state index is 12.1. The topological polar surface area (TPSA) is 43.1 Å². The minimum absolute atomic E-state index is 0.00126. The molecule has 2 aromatic rings. The van der Waals surface area contributed by atoms with Crippen LogP contribution in [0.2, 0.25) is 0 Å². The van der Waals surface area contributed by atoms with E-state index >= 15 is 0 Å². The third-order valence-electron chi connectivity index (χ3n) is 2.78. The van der Waals surface area contributed by atoms with Crippen molar-refractivity contribution in [2.45, 2.75) is 26.7 Å². The average molecular weight is 217 g/mol. The van der Waals surface area contributed by atoms with Gasteiger partial charge in [0.25, 0.3) is 0 Å². The van der Waals surface area contributed by atoms with Crippen LogP contribution in [0.1, 0.15) is 37.2 Å². The van der Waals surface area contributed by atoms with Gasteiger partial charge in [0.2, 0.25) is 11.5 Å². The number of Topliss-reactive ketones (excluding diaryl/α,β-unsaturated/α-hetero) is 1. The van der Waals surface area contributed by atoms with Crippen molar-refractivity contribution in [2.24, 2.45) is 5.92 Å². The minimum atomic E-state index is 0.00126. The molecule has 0 saturated heterocycles. The zero-order chi connectivity index (χ0) is 11.5. The third-order valence-corrected chi connectivity index (χ3v) is 2.78. The van der Waals surface area contributed by atoms with Gasteiger partial charge in [0, 0.05) is 5.92 Å². The number of rotatable bonds is 4. The number of nitrogens with zero attached hydrogens (tertiary/aromatic N) is 1. The number of aromatic nitrogens is 1. The lowest BCUT2D eigenvalue weighted by Gasteiger charge is -2.05. The van der Waals surface area contributed by atoms with E-state index in [2.05, 4.69) is 12.1 Å². The first-order valence-electron chi connectivity index (χ1n) is 5.62. The van der Waals surface area contributed by atoms with E-state index in [0.717, 1.165) is 23.7 Å². The molecule has 1 aromatic carbocycles. The maximum atomic E-state index is 12.1. The number of benzene rings is 1. The summed E-state index contributed by atoms with van der Waals surface area (Å²) in [6.45, 7) is 4.01. The molecule has 1 atom stereocenters. The van der Waals surface area contributed by atoms with E-state index in [4.69, 9.17) is 4.52 Å². The highest BCUT2D eigenvalue weighted by Gasteiger charge is 2.21. The molecule has 0 aliphatic rings. The van der Waals surface area contributed by atoms with Gasteiger partial charge in [-0.25, -0.2) is 0 Å². The molecule has 0 spiro atoms. The molecule has 2 rings (SSSR count). The van der Waals surface area contributed by atoms with Gasteiger partial charge < -0.3 is 4.52 Å². The number of hydrogen-bond acceptors (Lipinski definition) is 3. The Morgan fingerprint density at radius 3 is 2.94 bits per heavy atom. The Morgan fingerprint density at radius 2 is 2.19 bits per heavy atom. The zero-order valence-corrected chi connectivity index (χ0v) is 9.56. The second-order valence-electron chi connectivity index (χ2n) is 4.08. The Kier molecular flexibility index (Phi) is 3.04. The highest BCUT2D eigenvalue weighted by Crippen LogP contribution is 2.22. The number of carbonyl (C=O) groups excluding carboxylic acids is 1. The largest absolute Gasteiger partial charge is 0.352 e. The number of carbonyl (C=O) groups is 1. The first-order chi connectivity index (χ1) is 7.74. The highest BCUT2D eigenvalue weighted by molar-refractivity contribution is 6.05. The van der Waals surface area contributed by atoms with E-state index < -0.39 is 0 Å². The van der Waals surface area contributed by atoms with Crippen molar-refractivity contribution >= 4 is 16.7 Å². The van der Waals surface area contributed by atoms with Crippen molar-refractivity contribution in [3.63, 3.8) is 0 Å². The van der Waals surface area contributed by atoms with Crippen LogP contribution in [0.5, 0.6) is 0 Å². The first kappa shape index (κ1) is 10.9. The molecule has 0 bridgehead atoms. The van der Waals surface area contributed by atoms with E-state index in [9.17, 15) is 4.79 Å². The fraction of sp³-hybridized carbons (Fsp3) is 0.385. The van der Waals surface area contributed by atoms with Crippen LogP contribution in [0.4, 0.5) is 0 Å². The summed E-state index contributed by atoms with van der Waals surface area (Å²) in [5.41, 5.74) is 0.745. The molecular weight excluding hydrogens is 202 g/mol. The van der Waals surface area contributed by atoms with Gasteiger partial charge in [-0.05, 0) is 18.6 Å². The molecule has 1 heterocycles. The lowest BCUT2D eigenvalue weighted by molar-refractivity contribution is 0.0888. The second kappa shape index (κ2) is 4.47. The van der Waals surface area contributed by atoms with Gasteiger partial charge in [-0.1, -0.05) is 37.6 Å². The van der Waals surface area contributed by atoms with Crippen LogP contribution in [0.15, 0.2) is 28.8 Å². The molecule has 1 aromatic heterocycles. The standard InChI is InChI=1S/C13H15NO2/c1-3-6-9(2)12(15)13-10-7-4-5-8-11(10)14-16-13/h4-5,7-9H,3,6H2,1-2H3. The van der Waals surface area contributed by atoms with Crippen LogP contribution in [0.25, 0.3) is 10.9 Å². The van der Waals surface area contributed by atoms with Crippen molar-refractivity contribution in [3.8, 4) is 0 Å². The summed E-state index contributed by atoms with van der Waals surface area (Å²) in [7, 11) is 0. The van der Waals surface area contributed by atoms with Crippen LogP contribution in [-0.2, 0) is 0 Å². The highest BCUT2D eigenvalue weighted by atomic mass is 16.5. The molecule has 0 fully saturated rings. The molecular formula is C13H15NO2. The van der Waals surface area contributed by atoms with Crippen LogP contribution < -0.4 is 0 Å². The fourth-order valence-corrected chi connectivity index (χ4v) is 1.85. The summed E-state index contributed by atoms with van der Waals surface area (Å²) in [5, 5.41) is 4.70. The molecule has 0 amide bonds. The van der Waals surface area contributed by atoms with Crippen LogP contribution >= 0.6 is 0 Å². The summed E-state index contributed by atoms with van der Waals surface area (Å²) >= 11 is 0. The van der Waals surface area contributed by atoms with Crippen molar-refractivity contribution in [1.29, 1.82) is 0 Å². The van der Waals surface area contributed by atoms with Gasteiger partial charge in [-0.2, -0.15) is 0 Å². The molecule has 84 valence electrons. The van der Waals surface area contributed by atoms with Crippen molar-refractivity contribution in [3.05, 3.63) is 30.0 Å². The minimum Gasteiger partial charge on any atom is -0.352 e. The molecule has 1 unspecified atom stereocenters. The lowest BCUT2D eigenvalue weighted by atomic mass is 9.98. The van der Waals surface area contributed by atoms with Crippen LogP contribution in [-0.4, -0.2) is 10.9 Å². The summed E-state index contributed by atoms with van der Waals surface area (Å²) in [4.78, 5) is 12.1. The van der Waals surface area contributed by atoms with Gasteiger partial charge in [0.05, 0.1) is 5.39 Å². The Bertz CT molecular complexity index is 501. The molecule has 3 nitrogen and oxygen atoms in total. The molecule has 0 aliphatic carbocycles.